The molecule has 2 fully saturated rings. The zero-order valence-electron chi connectivity index (χ0n) is 24.6. The second kappa shape index (κ2) is 12.7. The number of rotatable bonds is 8. The van der Waals surface area contributed by atoms with E-state index in [0.29, 0.717) is 29.0 Å². The number of ether oxygens (including phenoxy) is 2. The Kier molecular flexibility index (Phi) is 8.42. The predicted molar refractivity (Wildman–Crippen MR) is 170 cm³/mol. The number of aryl methyl sites for hydroxylation is 1. The lowest BCUT2D eigenvalue weighted by Crippen LogP contribution is -2.46. The summed E-state index contributed by atoms with van der Waals surface area (Å²) in [5.74, 6) is 1.23. The van der Waals surface area contributed by atoms with Gasteiger partial charge in [-0.25, -0.2) is 9.97 Å². The summed E-state index contributed by atoms with van der Waals surface area (Å²) >= 11 is 0. The number of nitrogens with zero attached hydrogens (tertiary/aromatic N) is 4. The van der Waals surface area contributed by atoms with Gasteiger partial charge in [0.05, 0.1) is 42.6 Å². The van der Waals surface area contributed by atoms with Crippen LogP contribution in [0, 0.1) is 5.92 Å². The summed E-state index contributed by atoms with van der Waals surface area (Å²) in [6.07, 6.45) is 7.36. The monoisotopic (exact) mass is 579 g/mol. The van der Waals surface area contributed by atoms with E-state index in [1.54, 1.807) is 13.3 Å². The van der Waals surface area contributed by atoms with Gasteiger partial charge in [0.2, 0.25) is 5.95 Å². The molecule has 2 aliphatic heterocycles. The number of para-hydroxylation sites is 1. The van der Waals surface area contributed by atoms with E-state index >= 15 is 0 Å². The van der Waals surface area contributed by atoms with Crippen molar-refractivity contribution < 1.29 is 14.3 Å². The molecule has 4 heterocycles. The molecule has 6 rings (SSSR count). The first kappa shape index (κ1) is 28.5. The molecule has 2 aromatic heterocycles. The first-order valence-corrected chi connectivity index (χ1v) is 14.6. The van der Waals surface area contributed by atoms with Crippen LogP contribution in [0.1, 0.15) is 12.8 Å². The van der Waals surface area contributed by atoms with Crippen molar-refractivity contribution in [2.75, 3.05) is 55.4 Å². The predicted octanol–water partition coefficient (Wildman–Crippen LogP) is 4.87. The first-order valence-electron chi connectivity index (χ1n) is 14.6. The number of hydrogen-bond donors (Lipinski definition) is 3. The van der Waals surface area contributed by atoms with Gasteiger partial charge in [0.25, 0.3) is 5.91 Å². The molecule has 1 atom stereocenters. The van der Waals surface area contributed by atoms with Crippen molar-refractivity contribution in [1.29, 1.82) is 0 Å². The second-order valence-corrected chi connectivity index (χ2v) is 10.9. The zero-order chi connectivity index (χ0) is 29.8. The lowest BCUT2D eigenvalue weighted by Gasteiger charge is -2.39. The van der Waals surface area contributed by atoms with Crippen molar-refractivity contribution in [2.45, 2.75) is 18.9 Å². The number of anilines is 4. The van der Waals surface area contributed by atoms with Crippen molar-refractivity contribution in [3.63, 3.8) is 0 Å². The van der Waals surface area contributed by atoms with Crippen LogP contribution in [-0.4, -0.2) is 66.4 Å². The maximum Gasteiger partial charge on any atom is 0.256 e. The summed E-state index contributed by atoms with van der Waals surface area (Å²) in [4.78, 5) is 24.3. The molecule has 2 aliphatic rings. The summed E-state index contributed by atoms with van der Waals surface area (Å²) in [5.41, 5.74) is 7.69. The highest BCUT2D eigenvalue weighted by molar-refractivity contribution is 6.02. The fourth-order valence-electron chi connectivity index (χ4n) is 6.09. The van der Waals surface area contributed by atoms with Gasteiger partial charge in [0.15, 0.2) is 0 Å². The summed E-state index contributed by atoms with van der Waals surface area (Å²) in [6, 6.07) is 14.0. The molecule has 4 aromatic rings. The Labute approximate surface area is 251 Å². The van der Waals surface area contributed by atoms with E-state index in [1.165, 1.54) is 6.08 Å². The molecule has 3 N–H and O–H groups in total. The molecule has 0 spiro atoms. The lowest BCUT2D eigenvalue weighted by molar-refractivity contribution is -0.111. The van der Waals surface area contributed by atoms with Crippen LogP contribution in [0.3, 0.4) is 0 Å². The highest BCUT2D eigenvalue weighted by Crippen LogP contribution is 2.40. The summed E-state index contributed by atoms with van der Waals surface area (Å²) in [6.45, 7) is 7.81. The third kappa shape index (κ3) is 6.12. The van der Waals surface area contributed by atoms with Crippen LogP contribution in [0.15, 0.2) is 73.2 Å². The molecular formula is C33H37N7O3. The summed E-state index contributed by atoms with van der Waals surface area (Å²) < 4.78 is 14.0. The molecule has 1 unspecified atom stereocenters. The number of aromatic nitrogens is 3. The molecule has 0 aliphatic carbocycles. The summed E-state index contributed by atoms with van der Waals surface area (Å²) in [7, 11) is 3.66. The van der Waals surface area contributed by atoms with E-state index in [-0.39, 0.29) is 12.0 Å². The van der Waals surface area contributed by atoms with Gasteiger partial charge in [0, 0.05) is 74.2 Å². The van der Waals surface area contributed by atoms with Crippen molar-refractivity contribution >= 4 is 39.8 Å². The van der Waals surface area contributed by atoms with E-state index in [2.05, 4.69) is 61.0 Å². The van der Waals surface area contributed by atoms with E-state index in [1.807, 2.05) is 37.4 Å². The SMILES string of the molecule is C=C=CC(=O)Nc1cc(Nc2nccc(-c3cn(C)c4ccccc34)n2)c(OC)cc1N1CCC(C2CNCCO2)CC1. The van der Waals surface area contributed by atoms with E-state index in [4.69, 9.17) is 14.5 Å². The number of nitrogens with one attached hydrogen (secondary N) is 3. The molecule has 222 valence electrons. The molecule has 10 nitrogen and oxygen atoms in total. The number of benzene rings is 2. The normalized spacial score (nSPS) is 17.3. The average Bonchev–Trinajstić information content (AvgIpc) is 3.38. The molecule has 0 radical (unpaired) electrons. The molecule has 2 saturated heterocycles. The van der Waals surface area contributed by atoms with Gasteiger partial charge in [-0.2, -0.15) is 0 Å². The fraction of sp³-hybridized carbons (Fsp3) is 0.333. The minimum atomic E-state index is -0.307. The van der Waals surface area contributed by atoms with Crippen LogP contribution in [0.5, 0.6) is 5.75 Å². The Bertz CT molecular complexity index is 1660. The van der Waals surface area contributed by atoms with Gasteiger partial charge >= 0.3 is 0 Å². The maximum absolute atomic E-state index is 12.7. The van der Waals surface area contributed by atoms with Gasteiger partial charge in [-0.1, -0.05) is 24.8 Å². The number of fused-ring (bicyclic) bond motifs is 1. The number of hydrogen-bond acceptors (Lipinski definition) is 8. The Morgan fingerprint density at radius 3 is 2.81 bits per heavy atom. The Morgan fingerprint density at radius 1 is 1.21 bits per heavy atom. The molecule has 1 amide bonds. The van der Waals surface area contributed by atoms with Crippen LogP contribution in [0.4, 0.5) is 23.0 Å². The van der Waals surface area contributed by atoms with Crippen molar-refractivity contribution in [1.82, 2.24) is 19.9 Å². The molecule has 10 heteroatoms. The third-order valence-electron chi connectivity index (χ3n) is 8.25. The average molecular weight is 580 g/mol. The third-order valence-corrected chi connectivity index (χ3v) is 8.25. The van der Waals surface area contributed by atoms with Crippen molar-refractivity contribution in [3.8, 4) is 17.0 Å². The standard InChI is InChI=1S/C33H37N7O3/c1-4-7-32(41)36-26-18-27(30(42-3)19-29(26)40-15-11-22(12-16-40)31-20-34-14-17-43-31)38-33-35-13-10-25(37-33)24-21-39(2)28-9-6-5-8-23(24)28/h5-10,13,18-19,21-22,31,34H,1,11-12,14-17,20H2,2-3H3,(H,36,41)(H,35,37,38). The highest BCUT2D eigenvalue weighted by Gasteiger charge is 2.30. The molecule has 2 aromatic carbocycles. The van der Waals surface area contributed by atoms with E-state index in [0.717, 1.165) is 73.5 Å². The van der Waals surface area contributed by atoms with Gasteiger partial charge in [0.1, 0.15) is 5.75 Å². The number of amides is 1. The number of carbonyl (C=O) groups is 1. The van der Waals surface area contributed by atoms with Crippen LogP contribution in [0.25, 0.3) is 22.2 Å². The Morgan fingerprint density at radius 2 is 2.05 bits per heavy atom. The molecule has 43 heavy (non-hydrogen) atoms. The topological polar surface area (TPSA) is 106 Å². The quantitative estimate of drug-likeness (QED) is 0.201. The minimum absolute atomic E-state index is 0.249. The van der Waals surface area contributed by atoms with E-state index in [9.17, 15) is 4.79 Å². The zero-order valence-corrected chi connectivity index (χ0v) is 24.6. The van der Waals surface area contributed by atoms with E-state index < -0.39 is 0 Å². The number of methoxy groups -OCH3 is 1. The van der Waals surface area contributed by atoms with Gasteiger partial charge in [-0.3, -0.25) is 4.79 Å². The van der Waals surface area contributed by atoms with Crippen molar-refractivity contribution in [3.05, 3.63) is 73.2 Å². The maximum atomic E-state index is 12.7. The molecule has 0 bridgehead atoms. The van der Waals surface area contributed by atoms with Crippen LogP contribution < -0.4 is 25.6 Å². The smallest absolute Gasteiger partial charge is 0.256 e. The Balaban J connectivity index is 1.29. The Hall–Kier alpha value is -4.63. The molecule has 0 saturated carbocycles. The van der Waals surface area contributed by atoms with Gasteiger partial charge < -0.3 is 34.9 Å². The van der Waals surface area contributed by atoms with Gasteiger partial charge in [-0.05, 0) is 37.0 Å². The lowest BCUT2D eigenvalue weighted by atomic mass is 9.90. The van der Waals surface area contributed by atoms with Crippen LogP contribution in [0.2, 0.25) is 0 Å². The fourth-order valence-corrected chi connectivity index (χ4v) is 6.09. The second-order valence-electron chi connectivity index (χ2n) is 10.9. The summed E-state index contributed by atoms with van der Waals surface area (Å²) in [5, 5.41) is 10.9. The number of piperidine rings is 1. The largest absolute Gasteiger partial charge is 0.494 e. The minimum Gasteiger partial charge on any atom is -0.494 e. The van der Waals surface area contributed by atoms with Crippen molar-refractivity contribution in [2.24, 2.45) is 13.0 Å². The van der Waals surface area contributed by atoms with Gasteiger partial charge in [-0.15, -0.1) is 5.73 Å². The number of carbonyl (C=O) groups excluding carboxylic acids is 1. The van der Waals surface area contributed by atoms with Crippen LogP contribution in [-0.2, 0) is 16.6 Å². The van der Waals surface area contributed by atoms with Crippen LogP contribution >= 0.6 is 0 Å². The molecular weight excluding hydrogens is 542 g/mol. The number of morpholine rings is 1. The first-order chi connectivity index (χ1) is 21.0. The highest BCUT2D eigenvalue weighted by atomic mass is 16.5.